The summed E-state index contributed by atoms with van der Waals surface area (Å²) >= 11 is 0. The van der Waals surface area contributed by atoms with E-state index in [9.17, 15) is 4.79 Å². The number of hydrogen-bond acceptors (Lipinski definition) is 2. The van der Waals surface area contributed by atoms with Crippen LogP contribution in [-0.2, 0) is 0 Å². The van der Waals surface area contributed by atoms with Crippen LogP contribution in [0.2, 0.25) is 0 Å². The second kappa shape index (κ2) is 2.98. The second-order valence-corrected chi connectivity index (χ2v) is 4.06. The topological polar surface area (TPSA) is 30.2 Å². The zero-order valence-electron chi connectivity index (χ0n) is 8.28. The Morgan fingerprint density at radius 1 is 1.14 bits per heavy atom. The lowest BCUT2D eigenvalue weighted by molar-refractivity contribution is 0.499. The van der Waals surface area contributed by atoms with E-state index in [0.29, 0.717) is 5.76 Å². The SMILES string of the molecule is CC1(C)C=Cc2ccc(=O)oc2C=C1. The van der Waals surface area contributed by atoms with Crippen molar-refractivity contribution in [2.75, 3.05) is 0 Å². The van der Waals surface area contributed by atoms with E-state index in [1.54, 1.807) is 6.07 Å². The molecule has 0 N–H and O–H groups in total. The van der Waals surface area contributed by atoms with Crippen LogP contribution in [0.5, 0.6) is 0 Å². The van der Waals surface area contributed by atoms with Crippen LogP contribution < -0.4 is 5.63 Å². The first kappa shape index (κ1) is 9.00. The monoisotopic (exact) mass is 188 g/mol. The van der Waals surface area contributed by atoms with Gasteiger partial charge in [0.15, 0.2) is 0 Å². The molecule has 1 aromatic heterocycles. The summed E-state index contributed by atoms with van der Waals surface area (Å²) < 4.78 is 5.08. The lowest BCUT2D eigenvalue weighted by Gasteiger charge is -2.11. The van der Waals surface area contributed by atoms with Gasteiger partial charge in [-0.2, -0.15) is 0 Å². The van der Waals surface area contributed by atoms with E-state index in [1.807, 2.05) is 18.2 Å². The Balaban J connectivity index is 2.60. The van der Waals surface area contributed by atoms with E-state index in [0.717, 1.165) is 5.56 Å². The minimum atomic E-state index is -0.304. The normalized spacial score (nSPS) is 17.6. The summed E-state index contributed by atoms with van der Waals surface area (Å²) in [4.78, 5) is 11.0. The van der Waals surface area contributed by atoms with Crippen molar-refractivity contribution in [2.24, 2.45) is 5.41 Å². The third-order valence-corrected chi connectivity index (χ3v) is 2.25. The minimum Gasteiger partial charge on any atom is -0.423 e. The molecule has 14 heavy (non-hydrogen) atoms. The van der Waals surface area contributed by atoms with Crippen LogP contribution >= 0.6 is 0 Å². The van der Waals surface area contributed by atoms with E-state index in [4.69, 9.17) is 4.42 Å². The van der Waals surface area contributed by atoms with Crippen molar-refractivity contribution in [1.82, 2.24) is 0 Å². The van der Waals surface area contributed by atoms with Crippen molar-refractivity contribution in [3.63, 3.8) is 0 Å². The highest BCUT2D eigenvalue weighted by molar-refractivity contribution is 5.64. The van der Waals surface area contributed by atoms with E-state index in [2.05, 4.69) is 19.9 Å². The zero-order chi connectivity index (χ0) is 10.2. The molecule has 1 aromatic rings. The number of rotatable bonds is 0. The fourth-order valence-electron chi connectivity index (χ4n) is 1.36. The summed E-state index contributed by atoms with van der Waals surface area (Å²) in [5.74, 6) is 0.638. The summed E-state index contributed by atoms with van der Waals surface area (Å²) in [6.07, 6.45) is 7.96. The third-order valence-electron chi connectivity index (χ3n) is 2.25. The van der Waals surface area contributed by atoms with Crippen LogP contribution in [0.3, 0.4) is 0 Å². The molecule has 0 radical (unpaired) electrons. The fraction of sp³-hybridized carbons (Fsp3) is 0.250. The smallest absolute Gasteiger partial charge is 0.336 e. The number of hydrogen-bond donors (Lipinski definition) is 0. The average molecular weight is 188 g/mol. The average Bonchev–Trinajstić information content (AvgIpc) is 2.26. The first-order valence-electron chi connectivity index (χ1n) is 4.59. The molecule has 1 aliphatic rings. The Morgan fingerprint density at radius 2 is 1.86 bits per heavy atom. The summed E-state index contributed by atoms with van der Waals surface area (Å²) in [5.41, 5.74) is 0.658. The van der Waals surface area contributed by atoms with E-state index < -0.39 is 0 Å². The van der Waals surface area contributed by atoms with E-state index in [-0.39, 0.29) is 11.0 Å². The highest BCUT2D eigenvalue weighted by atomic mass is 16.4. The van der Waals surface area contributed by atoms with Gasteiger partial charge in [0.25, 0.3) is 0 Å². The van der Waals surface area contributed by atoms with Gasteiger partial charge in [-0.1, -0.05) is 32.1 Å². The molecule has 2 nitrogen and oxygen atoms in total. The molecule has 0 aliphatic heterocycles. The first-order valence-corrected chi connectivity index (χ1v) is 4.59. The van der Waals surface area contributed by atoms with Crippen LogP contribution in [0.25, 0.3) is 12.2 Å². The van der Waals surface area contributed by atoms with Gasteiger partial charge in [-0.05, 0) is 12.1 Å². The maximum atomic E-state index is 11.0. The molecule has 1 aliphatic carbocycles. The molecule has 2 rings (SSSR count). The Morgan fingerprint density at radius 3 is 2.64 bits per heavy atom. The van der Waals surface area contributed by atoms with Crippen LogP contribution in [0.4, 0.5) is 0 Å². The fourth-order valence-corrected chi connectivity index (χ4v) is 1.36. The molecule has 0 spiro atoms. The van der Waals surface area contributed by atoms with Gasteiger partial charge in [0.1, 0.15) is 5.76 Å². The van der Waals surface area contributed by atoms with E-state index in [1.165, 1.54) is 6.07 Å². The van der Waals surface area contributed by atoms with Gasteiger partial charge in [0.05, 0.1) is 0 Å². The predicted octanol–water partition coefficient (Wildman–Crippen LogP) is 2.71. The molecule has 0 saturated carbocycles. The second-order valence-electron chi connectivity index (χ2n) is 4.06. The van der Waals surface area contributed by atoms with E-state index >= 15 is 0 Å². The Bertz CT molecular complexity index is 461. The third kappa shape index (κ3) is 1.69. The minimum absolute atomic E-state index is 0.0115. The molecule has 72 valence electrons. The van der Waals surface area contributed by atoms with Gasteiger partial charge in [-0.3, -0.25) is 0 Å². The van der Waals surface area contributed by atoms with Crippen molar-refractivity contribution < 1.29 is 4.42 Å². The summed E-state index contributed by atoms with van der Waals surface area (Å²) in [6.45, 7) is 4.20. The Kier molecular flexibility index (Phi) is 1.92. The molecule has 2 heteroatoms. The maximum absolute atomic E-state index is 11.0. The Labute approximate surface area is 82.6 Å². The molecule has 0 bridgehead atoms. The van der Waals surface area contributed by atoms with Gasteiger partial charge in [0, 0.05) is 17.0 Å². The molecule has 0 unspecified atom stereocenters. The summed E-state index contributed by atoms with van der Waals surface area (Å²) in [5, 5.41) is 0. The van der Waals surface area contributed by atoms with Crippen molar-refractivity contribution in [3.8, 4) is 0 Å². The molecule has 0 aromatic carbocycles. The van der Waals surface area contributed by atoms with Gasteiger partial charge in [-0.25, -0.2) is 4.79 Å². The molecular formula is C12H12O2. The number of allylic oxidation sites excluding steroid dienone is 2. The highest BCUT2D eigenvalue weighted by Crippen LogP contribution is 2.26. The molecule has 1 heterocycles. The van der Waals surface area contributed by atoms with Gasteiger partial charge < -0.3 is 4.42 Å². The molecule has 0 fully saturated rings. The van der Waals surface area contributed by atoms with Crippen molar-refractivity contribution >= 4 is 12.2 Å². The summed E-state index contributed by atoms with van der Waals surface area (Å²) in [6, 6.07) is 3.22. The molecule has 0 amide bonds. The van der Waals surface area contributed by atoms with Crippen LogP contribution in [0, 0.1) is 5.41 Å². The highest BCUT2D eigenvalue weighted by Gasteiger charge is 2.13. The predicted molar refractivity (Wildman–Crippen MR) is 56.8 cm³/mol. The van der Waals surface area contributed by atoms with Gasteiger partial charge in [0.2, 0.25) is 0 Å². The van der Waals surface area contributed by atoms with Crippen LogP contribution in [-0.4, -0.2) is 0 Å². The van der Waals surface area contributed by atoms with Crippen molar-refractivity contribution in [3.05, 3.63) is 46.0 Å². The quantitative estimate of drug-likeness (QED) is 0.626. The lowest BCUT2D eigenvalue weighted by atomic mass is 9.93. The zero-order valence-corrected chi connectivity index (χ0v) is 8.28. The lowest BCUT2D eigenvalue weighted by Crippen LogP contribution is -2.00. The van der Waals surface area contributed by atoms with Gasteiger partial charge >= 0.3 is 5.63 Å². The van der Waals surface area contributed by atoms with Crippen molar-refractivity contribution in [1.29, 1.82) is 0 Å². The van der Waals surface area contributed by atoms with Gasteiger partial charge in [-0.15, -0.1) is 0 Å². The summed E-state index contributed by atoms with van der Waals surface area (Å²) in [7, 11) is 0. The molecule has 0 atom stereocenters. The number of fused-ring (bicyclic) bond motifs is 1. The first-order chi connectivity index (χ1) is 6.57. The standard InChI is InChI=1S/C12H12O2/c1-12(2)7-5-9-3-4-11(13)14-10(9)6-8-12/h3-8H,1-2H3. The van der Waals surface area contributed by atoms with Crippen LogP contribution in [0.15, 0.2) is 33.5 Å². The van der Waals surface area contributed by atoms with Crippen LogP contribution in [0.1, 0.15) is 25.2 Å². The molecular weight excluding hydrogens is 176 g/mol. The molecule has 0 saturated heterocycles. The Hall–Kier alpha value is -1.57. The maximum Gasteiger partial charge on any atom is 0.336 e. The van der Waals surface area contributed by atoms with Crippen molar-refractivity contribution in [2.45, 2.75) is 13.8 Å². The largest absolute Gasteiger partial charge is 0.423 e.